The van der Waals surface area contributed by atoms with Gasteiger partial charge in [0.05, 0.1) is 12.7 Å². The highest BCUT2D eigenvalue weighted by atomic mass is 16.6. The second-order valence-corrected chi connectivity index (χ2v) is 5.82. The number of ether oxygens (including phenoxy) is 2. The van der Waals surface area contributed by atoms with Gasteiger partial charge in [-0.1, -0.05) is 13.2 Å². The first kappa shape index (κ1) is 21.6. The summed E-state index contributed by atoms with van der Waals surface area (Å²) in [5.74, 6) is -0.684. The lowest BCUT2D eigenvalue weighted by Crippen LogP contribution is -2.42. The molecule has 8 heteroatoms. The van der Waals surface area contributed by atoms with Crippen LogP contribution in [0, 0.1) is 0 Å². The van der Waals surface area contributed by atoms with Gasteiger partial charge in [0.15, 0.2) is 0 Å². The zero-order valence-electron chi connectivity index (χ0n) is 14.5. The van der Waals surface area contributed by atoms with Gasteiger partial charge in [-0.05, 0) is 32.9 Å². The van der Waals surface area contributed by atoms with Crippen LogP contribution in [0.3, 0.4) is 0 Å². The smallest absolute Gasteiger partial charge is 0.407 e. The predicted molar refractivity (Wildman–Crippen MR) is 90.4 cm³/mol. The Hall–Kier alpha value is -2.35. The molecule has 0 heterocycles. The molecular weight excluding hydrogens is 314 g/mol. The average molecular weight is 341 g/mol. The Kier molecular flexibility index (Phi) is 10.1. The molecule has 0 aliphatic carbocycles. The first-order valence-corrected chi connectivity index (χ1v) is 7.57. The van der Waals surface area contributed by atoms with Crippen LogP contribution < -0.4 is 16.0 Å². The molecule has 0 fully saturated rings. The molecule has 0 atom stereocenters. The molecule has 0 radical (unpaired) electrons. The van der Waals surface area contributed by atoms with Crippen molar-refractivity contribution in [2.45, 2.75) is 32.5 Å². The second-order valence-electron chi connectivity index (χ2n) is 5.82. The van der Waals surface area contributed by atoms with Gasteiger partial charge in [0.1, 0.15) is 5.60 Å². The van der Waals surface area contributed by atoms with Crippen molar-refractivity contribution in [3.8, 4) is 0 Å². The minimum absolute atomic E-state index is 0.189. The van der Waals surface area contributed by atoms with Crippen molar-refractivity contribution >= 4 is 17.9 Å². The minimum atomic E-state index is -0.572. The van der Waals surface area contributed by atoms with Gasteiger partial charge in [0, 0.05) is 19.6 Å². The van der Waals surface area contributed by atoms with Crippen molar-refractivity contribution in [2.24, 2.45) is 0 Å². The number of nitrogens with one attached hydrogen (secondary N) is 3. The Morgan fingerprint density at radius 2 is 1.50 bits per heavy atom. The molecule has 0 saturated carbocycles. The quantitative estimate of drug-likeness (QED) is 0.396. The zero-order valence-corrected chi connectivity index (χ0v) is 14.5. The molecule has 0 aromatic rings. The fraction of sp³-hybridized carbons (Fsp3) is 0.562. The molecule has 0 aliphatic rings. The van der Waals surface area contributed by atoms with E-state index in [-0.39, 0.29) is 38.1 Å². The minimum Gasteiger partial charge on any atom is -0.444 e. The Morgan fingerprint density at radius 1 is 1.00 bits per heavy atom. The number of carbonyl (C=O) groups excluding carboxylic acids is 3. The highest BCUT2D eigenvalue weighted by Gasteiger charge is 2.16. The largest absolute Gasteiger partial charge is 0.444 e. The van der Waals surface area contributed by atoms with Crippen molar-refractivity contribution < 1.29 is 23.9 Å². The number of carbonyl (C=O) groups is 3. The molecule has 0 rings (SSSR count). The number of amides is 3. The van der Waals surface area contributed by atoms with E-state index in [0.29, 0.717) is 0 Å². The molecule has 0 aliphatic heterocycles. The number of hydrogen-bond acceptors (Lipinski definition) is 5. The second kappa shape index (κ2) is 11.2. The summed E-state index contributed by atoms with van der Waals surface area (Å²) < 4.78 is 10.6. The fourth-order valence-electron chi connectivity index (χ4n) is 1.46. The van der Waals surface area contributed by atoms with Gasteiger partial charge >= 0.3 is 6.09 Å². The maximum absolute atomic E-state index is 11.5. The monoisotopic (exact) mass is 341 g/mol. The standard InChI is InChI=1S/C16H27N3O5/c1-6-13(20)18-10-12(11-19-14(21)7-2)23-9-8-17-15(22)24-16(3,4)5/h6-7,12H,1-2,8-11H2,3-5H3,(H,17,22)(H,18,20)(H,19,21). The Bertz CT molecular complexity index is 433. The molecule has 0 unspecified atom stereocenters. The maximum Gasteiger partial charge on any atom is 0.407 e. The van der Waals surface area contributed by atoms with E-state index in [1.54, 1.807) is 20.8 Å². The highest BCUT2D eigenvalue weighted by Crippen LogP contribution is 2.06. The topological polar surface area (TPSA) is 106 Å². The van der Waals surface area contributed by atoms with Crippen LogP contribution in [0.25, 0.3) is 0 Å². The lowest BCUT2D eigenvalue weighted by Gasteiger charge is -2.21. The zero-order chi connectivity index (χ0) is 18.6. The van der Waals surface area contributed by atoms with Crippen molar-refractivity contribution in [1.82, 2.24) is 16.0 Å². The van der Waals surface area contributed by atoms with E-state index in [4.69, 9.17) is 9.47 Å². The predicted octanol–water partition coefficient (Wildman–Crippen LogP) is 0.501. The van der Waals surface area contributed by atoms with E-state index in [1.807, 2.05) is 0 Å². The summed E-state index contributed by atoms with van der Waals surface area (Å²) in [4.78, 5) is 33.9. The lowest BCUT2D eigenvalue weighted by atomic mass is 10.2. The molecule has 0 aromatic carbocycles. The average Bonchev–Trinajstić information content (AvgIpc) is 2.50. The summed E-state index contributed by atoms with van der Waals surface area (Å²) in [6.45, 7) is 12.8. The molecule has 3 N–H and O–H groups in total. The summed E-state index contributed by atoms with van der Waals surface area (Å²) in [5, 5.41) is 7.72. The van der Waals surface area contributed by atoms with E-state index in [0.717, 1.165) is 12.2 Å². The van der Waals surface area contributed by atoms with Crippen molar-refractivity contribution in [3.05, 3.63) is 25.3 Å². The molecular formula is C16H27N3O5. The molecule has 0 spiro atoms. The molecule has 0 aromatic heterocycles. The van der Waals surface area contributed by atoms with Crippen LogP contribution in [-0.2, 0) is 19.1 Å². The number of alkyl carbamates (subject to hydrolysis) is 1. The lowest BCUT2D eigenvalue weighted by molar-refractivity contribution is -0.117. The van der Waals surface area contributed by atoms with Gasteiger partial charge in [-0.3, -0.25) is 9.59 Å². The van der Waals surface area contributed by atoms with Gasteiger partial charge in [-0.25, -0.2) is 4.79 Å². The Balaban J connectivity index is 4.21. The summed E-state index contributed by atoms with van der Waals surface area (Å²) in [7, 11) is 0. The van der Waals surface area contributed by atoms with Crippen molar-refractivity contribution in [2.75, 3.05) is 26.2 Å². The summed E-state index contributed by atoms with van der Waals surface area (Å²) in [6.07, 6.45) is 1.29. The normalized spacial score (nSPS) is 10.7. The van der Waals surface area contributed by atoms with Crippen LogP contribution in [0.4, 0.5) is 4.79 Å². The third-order valence-corrected chi connectivity index (χ3v) is 2.50. The summed E-state index contributed by atoms with van der Waals surface area (Å²) in [5.41, 5.74) is -0.572. The first-order chi connectivity index (χ1) is 11.2. The van der Waals surface area contributed by atoms with Crippen LogP contribution in [0.5, 0.6) is 0 Å². The van der Waals surface area contributed by atoms with Gasteiger partial charge in [0.25, 0.3) is 0 Å². The van der Waals surface area contributed by atoms with Gasteiger partial charge in [-0.2, -0.15) is 0 Å². The third-order valence-electron chi connectivity index (χ3n) is 2.50. The molecule has 3 amide bonds. The molecule has 8 nitrogen and oxygen atoms in total. The van der Waals surface area contributed by atoms with Crippen LogP contribution in [0.2, 0.25) is 0 Å². The van der Waals surface area contributed by atoms with E-state index in [1.165, 1.54) is 0 Å². The number of hydrogen-bond donors (Lipinski definition) is 3. The molecule has 0 bridgehead atoms. The molecule has 0 saturated heterocycles. The van der Waals surface area contributed by atoms with Crippen LogP contribution in [-0.4, -0.2) is 55.9 Å². The van der Waals surface area contributed by atoms with Crippen LogP contribution in [0.15, 0.2) is 25.3 Å². The van der Waals surface area contributed by atoms with Crippen molar-refractivity contribution in [1.29, 1.82) is 0 Å². The van der Waals surface area contributed by atoms with E-state index in [9.17, 15) is 14.4 Å². The maximum atomic E-state index is 11.5. The Labute approximate surface area is 142 Å². The summed E-state index contributed by atoms with van der Waals surface area (Å²) in [6, 6.07) is 0. The number of rotatable bonds is 10. The third kappa shape index (κ3) is 12.2. The summed E-state index contributed by atoms with van der Waals surface area (Å²) >= 11 is 0. The van der Waals surface area contributed by atoms with Gasteiger partial charge in [-0.15, -0.1) is 0 Å². The highest BCUT2D eigenvalue weighted by molar-refractivity contribution is 5.87. The van der Waals surface area contributed by atoms with Crippen molar-refractivity contribution in [3.63, 3.8) is 0 Å². The van der Waals surface area contributed by atoms with E-state index < -0.39 is 17.8 Å². The van der Waals surface area contributed by atoms with Crippen LogP contribution in [0.1, 0.15) is 20.8 Å². The Morgan fingerprint density at radius 3 is 1.92 bits per heavy atom. The van der Waals surface area contributed by atoms with Crippen LogP contribution >= 0.6 is 0 Å². The first-order valence-electron chi connectivity index (χ1n) is 7.57. The molecule has 136 valence electrons. The van der Waals surface area contributed by atoms with E-state index in [2.05, 4.69) is 29.1 Å². The molecule has 24 heavy (non-hydrogen) atoms. The fourth-order valence-corrected chi connectivity index (χ4v) is 1.46. The van der Waals surface area contributed by atoms with Gasteiger partial charge < -0.3 is 25.4 Å². The SMILES string of the molecule is C=CC(=O)NCC(CNC(=O)C=C)OCCNC(=O)OC(C)(C)C. The van der Waals surface area contributed by atoms with Gasteiger partial charge in [0.2, 0.25) is 11.8 Å². The van der Waals surface area contributed by atoms with E-state index >= 15 is 0 Å².